The number of hydrogen-bond donors (Lipinski definition) is 2. The molecule has 104 valence electrons. The summed E-state index contributed by atoms with van der Waals surface area (Å²) in [5, 5.41) is 13.8. The van der Waals surface area contributed by atoms with E-state index in [1.54, 1.807) is 17.3 Å². The van der Waals surface area contributed by atoms with Crippen LogP contribution in [0.25, 0.3) is 0 Å². The summed E-state index contributed by atoms with van der Waals surface area (Å²) in [6.45, 7) is 3.10. The van der Waals surface area contributed by atoms with Crippen molar-refractivity contribution in [2.75, 3.05) is 13.1 Å². The van der Waals surface area contributed by atoms with E-state index in [2.05, 4.69) is 10.3 Å². The fourth-order valence-corrected chi connectivity index (χ4v) is 2.58. The second kappa shape index (κ2) is 5.56. The minimum atomic E-state index is -0.782. The van der Waals surface area contributed by atoms with Crippen LogP contribution in [0, 0.1) is 5.41 Å². The second-order valence-corrected chi connectivity index (χ2v) is 5.71. The van der Waals surface area contributed by atoms with Crippen LogP contribution >= 0.6 is 11.3 Å². The molecule has 0 radical (unpaired) electrons. The molecule has 19 heavy (non-hydrogen) atoms. The predicted octanol–water partition coefficient (Wildman–Crippen LogP) is 1.54. The molecule has 0 spiro atoms. The molecular formula is C12H17N3O3S. The monoisotopic (exact) mass is 283 g/mol. The first-order valence-electron chi connectivity index (χ1n) is 6.14. The molecule has 1 saturated heterocycles. The Morgan fingerprint density at radius 3 is 2.74 bits per heavy atom. The molecule has 0 atom stereocenters. The molecular weight excluding hydrogens is 266 g/mol. The molecule has 2 heterocycles. The van der Waals surface area contributed by atoms with Gasteiger partial charge in [0.2, 0.25) is 0 Å². The van der Waals surface area contributed by atoms with E-state index in [0.717, 1.165) is 5.69 Å². The Morgan fingerprint density at radius 1 is 1.53 bits per heavy atom. The zero-order chi connectivity index (χ0) is 13.9. The number of thiazole rings is 1. The van der Waals surface area contributed by atoms with Gasteiger partial charge in [0, 0.05) is 18.5 Å². The van der Waals surface area contributed by atoms with Crippen molar-refractivity contribution < 1.29 is 14.7 Å². The number of carboxylic acid groups (broad SMARTS) is 1. The number of nitrogens with one attached hydrogen (secondary N) is 1. The van der Waals surface area contributed by atoms with Gasteiger partial charge in [0.15, 0.2) is 0 Å². The van der Waals surface area contributed by atoms with Crippen LogP contribution in [0.2, 0.25) is 0 Å². The number of hydrogen-bond acceptors (Lipinski definition) is 4. The molecule has 1 aromatic rings. The standard InChI is InChI=1S/C12H17N3O3S/c1-12(10(16)17)2-4-15(5-3-12)11(18)13-6-9-7-19-8-14-9/h7-8H,2-6H2,1H3,(H,13,18)(H,16,17). The zero-order valence-electron chi connectivity index (χ0n) is 10.8. The molecule has 0 aliphatic carbocycles. The lowest BCUT2D eigenvalue weighted by Crippen LogP contribution is -2.48. The molecule has 0 bridgehead atoms. The molecule has 0 unspecified atom stereocenters. The molecule has 1 aliphatic rings. The van der Waals surface area contributed by atoms with Crippen LogP contribution in [-0.2, 0) is 11.3 Å². The number of aliphatic carboxylic acids is 1. The minimum Gasteiger partial charge on any atom is -0.481 e. The van der Waals surface area contributed by atoms with Gasteiger partial charge in [-0.15, -0.1) is 11.3 Å². The van der Waals surface area contributed by atoms with Gasteiger partial charge in [-0.3, -0.25) is 4.79 Å². The summed E-state index contributed by atoms with van der Waals surface area (Å²) in [5.74, 6) is -0.782. The van der Waals surface area contributed by atoms with Crippen LogP contribution in [0.15, 0.2) is 10.9 Å². The second-order valence-electron chi connectivity index (χ2n) is 4.99. The van der Waals surface area contributed by atoms with Crippen LogP contribution in [0.1, 0.15) is 25.5 Å². The van der Waals surface area contributed by atoms with Crippen LogP contribution < -0.4 is 5.32 Å². The van der Waals surface area contributed by atoms with E-state index in [4.69, 9.17) is 5.11 Å². The largest absolute Gasteiger partial charge is 0.481 e. The van der Waals surface area contributed by atoms with E-state index in [-0.39, 0.29) is 6.03 Å². The fraction of sp³-hybridized carbons (Fsp3) is 0.583. The van der Waals surface area contributed by atoms with Gasteiger partial charge in [-0.1, -0.05) is 0 Å². The molecule has 6 nitrogen and oxygen atoms in total. The van der Waals surface area contributed by atoms with E-state index in [9.17, 15) is 9.59 Å². The van der Waals surface area contributed by atoms with Gasteiger partial charge in [-0.05, 0) is 19.8 Å². The molecule has 1 aliphatic heterocycles. The summed E-state index contributed by atoms with van der Waals surface area (Å²) in [5.41, 5.74) is 1.86. The van der Waals surface area contributed by atoms with E-state index in [1.807, 2.05) is 5.38 Å². The Morgan fingerprint density at radius 2 is 2.21 bits per heavy atom. The number of carbonyl (C=O) groups is 2. The molecule has 7 heteroatoms. The maximum atomic E-state index is 11.9. The fourth-order valence-electron chi connectivity index (χ4n) is 2.02. The van der Waals surface area contributed by atoms with E-state index in [0.29, 0.717) is 32.5 Å². The lowest BCUT2D eigenvalue weighted by Gasteiger charge is -2.36. The Kier molecular flexibility index (Phi) is 4.04. The van der Waals surface area contributed by atoms with Crippen molar-refractivity contribution in [1.82, 2.24) is 15.2 Å². The maximum absolute atomic E-state index is 11.9. The van der Waals surface area contributed by atoms with Gasteiger partial charge in [0.25, 0.3) is 0 Å². The number of piperidine rings is 1. The Hall–Kier alpha value is -1.63. The summed E-state index contributed by atoms with van der Waals surface area (Å²) in [6.07, 6.45) is 0.985. The lowest BCUT2D eigenvalue weighted by atomic mass is 9.80. The summed E-state index contributed by atoms with van der Waals surface area (Å²) in [6, 6.07) is -0.152. The number of carbonyl (C=O) groups excluding carboxylic acids is 1. The zero-order valence-corrected chi connectivity index (χ0v) is 11.6. The molecule has 0 aromatic carbocycles. The number of amides is 2. The van der Waals surface area contributed by atoms with Gasteiger partial charge in [0.05, 0.1) is 23.2 Å². The maximum Gasteiger partial charge on any atom is 0.317 e. The molecule has 2 rings (SSSR count). The van der Waals surface area contributed by atoms with Crippen LogP contribution in [-0.4, -0.2) is 40.1 Å². The average molecular weight is 283 g/mol. The molecule has 1 fully saturated rings. The molecule has 2 N–H and O–H groups in total. The summed E-state index contributed by atoms with van der Waals surface area (Å²) < 4.78 is 0. The third kappa shape index (κ3) is 3.23. The van der Waals surface area contributed by atoms with Gasteiger partial charge < -0.3 is 15.3 Å². The van der Waals surface area contributed by atoms with Crippen molar-refractivity contribution in [3.05, 3.63) is 16.6 Å². The number of urea groups is 1. The molecule has 0 saturated carbocycles. The average Bonchev–Trinajstić information content (AvgIpc) is 2.90. The van der Waals surface area contributed by atoms with Gasteiger partial charge >= 0.3 is 12.0 Å². The predicted molar refractivity (Wildman–Crippen MR) is 70.9 cm³/mol. The summed E-state index contributed by atoms with van der Waals surface area (Å²) in [7, 11) is 0. The molecule has 1 aromatic heterocycles. The van der Waals surface area contributed by atoms with E-state index in [1.165, 1.54) is 11.3 Å². The highest BCUT2D eigenvalue weighted by Crippen LogP contribution is 2.30. The third-order valence-electron chi connectivity index (χ3n) is 3.57. The van der Waals surface area contributed by atoms with Crippen molar-refractivity contribution >= 4 is 23.3 Å². The number of carboxylic acids is 1. The lowest BCUT2D eigenvalue weighted by molar-refractivity contribution is -0.150. The van der Waals surface area contributed by atoms with Crippen molar-refractivity contribution in [1.29, 1.82) is 0 Å². The van der Waals surface area contributed by atoms with E-state index >= 15 is 0 Å². The van der Waals surface area contributed by atoms with Crippen molar-refractivity contribution in [2.45, 2.75) is 26.3 Å². The van der Waals surface area contributed by atoms with Gasteiger partial charge in [0.1, 0.15) is 0 Å². The Labute approximate surface area is 115 Å². The van der Waals surface area contributed by atoms with Crippen molar-refractivity contribution in [3.8, 4) is 0 Å². The van der Waals surface area contributed by atoms with Gasteiger partial charge in [-0.2, -0.15) is 0 Å². The summed E-state index contributed by atoms with van der Waals surface area (Å²) in [4.78, 5) is 28.8. The third-order valence-corrected chi connectivity index (χ3v) is 4.21. The number of rotatable bonds is 3. The number of nitrogens with zero attached hydrogens (tertiary/aromatic N) is 2. The van der Waals surface area contributed by atoms with Crippen LogP contribution in [0.4, 0.5) is 4.79 Å². The van der Waals surface area contributed by atoms with Crippen LogP contribution in [0.3, 0.4) is 0 Å². The highest BCUT2D eigenvalue weighted by atomic mass is 32.1. The SMILES string of the molecule is CC1(C(=O)O)CCN(C(=O)NCc2cscn2)CC1. The smallest absolute Gasteiger partial charge is 0.317 e. The number of aromatic nitrogens is 1. The van der Waals surface area contributed by atoms with Crippen LogP contribution in [0.5, 0.6) is 0 Å². The van der Waals surface area contributed by atoms with Crippen molar-refractivity contribution in [2.24, 2.45) is 5.41 Å². The summed E-state index contributed by atoms with van der Waals surface area (Å²) >= 11 is 1.49. The molecule has 2 amide bonds. The normalized spacial score (nSPS) is 18.1. The highest BCUT2D eigenvalue weighted by molar-refractivity contribution is 7.07. The first-order valence-corrected chi connectivity index (χ1v) is 7.09. The van der Waals surface area contributed by atoms with Crippen molar-refractivity contribution in [3.63, 3.8) is 0 Å². The first kappa shape index (κ1) is 13.8. The topological polar surface area (TPSA) is 82.5 Å². The quantitative estimate of drug-likeness (QED) is 0.881. The Bertz CT molecular complexity index is 453. The minimum absolute atomic E-state index is 0.152. The highest BCUT2D eigenvalue weighted by Gasteiger charge is 2.37. The Balaban J connectivity index is 1.81. The van der Waals surface area contributed by atoms with E-state index < -0.39 is 11.4 Å². The number of likely N-dealkylation sites (tertiary alicyclic amines) is 1. The van der Waals surface area contributed by atoms with Gasteiger partial charge in [-0.25, -0.2) is 9.78 Å². The first-order chi connectivity index (χ1) is 9.01.